The van der Waals surface area contributed by atoms with Crippen molar-refractivity contribution in [2.75, 3.05) is 6.54 Å². The van der Waals surface area contributed by atoms with Gasteiger partial charge in [0.25, 0.3) is 0 Å². The number of hydrogen-bond acceptors (Lipinski definition) is 3. The maximum absolute atomic E-state index is 11.8. The lowest BCUT2D eigenvalue weighted by molar-refractivity contribution is -0.139. The van der Waals surface area contributed by atoms with E-state index in [0.717, 1.165) is 0 Å². The third kappa shape index (κ3) is 3.24. The van der Waals surface area contributed by atoms with Crippen LogP contribution in [0.15, 0.2) is 24.3 Å². The summed E-state index contributed by atoms with van der Waals surface area (Å²) in [5.74, 6) is -1.24. The molecular formula is C13H14ClNO4. The SMILES string of the molecule is O=C(O)CC(c1cccc(Cl)c1)N1CC(O)CC1=O. The van der Waals surface area contributed by atoms with Crippen LogP contribution in [0.3, 0.4) is 0 Å². The van der Waals surface area contributed by atoms with Crippen molar-refractivity contribution in [2.24, 2.45) is 0 Å². The first kappa shape index (κ1) is 13.8. The molecule has 0 saturated carbocycles. The molecule has 19 heavy (non-hydrogen) atoms. The summed E-state index contributed by atoms with van der Waals surface area (Å²) in [5.41, 5.74) is 0.664. The molecule has 0 aliphatic carbocycles. The zero-order chi connectivity index (χ0) is 14.0. The monoisotopic (exact) mass is 283 g/mol. The first-order valence-electron chi connectivity index (χ1n) is 5.92. The summed E-state index contributed by atoms with van der Waals surface area (Å²) >= 11 is 5.90. The maximum atomic E-state index is 11.8. The predicted molar refractivity (Wildman–Crippen MR) is 68.8 cm³/mol. The molecule has 1 fully saturated rings. The first-order chi connectivity index (χ1) is 8.97. The van der Waals surface area contributed by atoms with Gasteiger partial charge in [-0.1, -0.05) is 23.7 Å². The fraction of sp³-hybridized carbons (Fsp3) is 0.385. The van der Waals surface area contributed by atoms with Crippen molar-refractivity contribution in [1.82, 2.24) is 4.90 Å². The molecule has 1 aliphatic rings. The van der Waals surface area contributed by atoms with Gasteiger partial charge in [0.15, 0.2) is 0 Å². The van der Waals surface area contributed by atoms with Crippen molar-refractivity contribution in [1.29, 1.82) is 0 Å². The molecule has 2 rings (SSSR count). The zero-order valence-corrected chi connectivity index (χ0v) is 10.9. The van der Waals surface area contributed by atoms with Crippen LogP contribution >= 0.6 is 11.6 Å². The van der Waals surface area contributed by atoms with E-state index < -0.39 is 18.1 Å². The fourth-order valence-corrected chi connectivity index (χ4v) is 2.50. The van der Waals surface area contributed by atoms with Gasteiger partial charge >= 0.3 is 5.97 Å². The van der Waals surface area contributed by atoms with Crippen LogP contribution in [-0.2, 0) is 9.59 Å². The summed E-state index contributed by atoms with van der Waals surface area (Å²) in [6, 6.07) is 6.18. The Labute approximate surface area is 115 Å². The normalized spacial score (nSPS) is 20.6. The highest BCUT2D eigenvalue weighted by molar-refractivity contribution is 6.30. The van der Waals surface area contributed by atoms with Gasteiger partial charge in [0.1, 0.15) is 0 Å². The molecule has 1 amide bonds. The minimum absolute atomic E-state index is 0.0384. The Morgan fingerprint density at radius 2 is 2.26 bits per heavy atom. The Kier molecular flexibility index (Phi) is 4.07. The number of carboxylic acid groups (broad SMARTS) is 1. The van der Waals surface area contributed by atoms with Gasteiger partial charge in [0, 0.05) is 11.6 Å². The Hall–Kier alpha value is -1.59. The van der Waals surface area contributed by atoms with Crippen LogP contribution in [0, 0.1) is 0 Å². The number of carboxylic acids is 1. The summed E-state index contributed by atoms with van der Waals surface area (Å²) in [6.45, 7) is 0.156. The number of benzene rings is 1. The largest absolute Gasteiger partial charge is 0.481 e. The maximum Gasteiger partial charge on any atom is 0.305 e. The smallest absolute Gasteiger partial charge is 0.305 e. The number of halogens is 1. The second kappa shape index (κ2) is 5.59. The van der Waals surface area contributed by atoms with Gasteiger partial charge in [-0.3, -0.25) is 9.59 Å². The molecule has 1 aliphatic heterocycles. The summed E-state index contributed by atoms with van der Waals surface area (Å²) < 4.78 is 0. The molecule has 0 bridgehead atoms. The van der Waals surface area contributed by atoms with Gasteiger partial charge in [-0.2, -0.15) is 0 Å². The molecule has 2 N–H and O–H groups in total. The number of β-amino-alcohol motifs (C(OH)–C–C–N with tert-alkyl or cyclic N) is 1. The van der Waals surface area contributed by atoms with Gasteiger partial charge in [0.05, 0.1) is 25.0 Å². The molecule has 0 aromatic heterocycles. The zero-order valence-electron chi connectivity index (χ0n) is 10.1. The average Bonchev–Trinajstić information content (AvgIpc) is 2.65. The van der Waals surface area contributed by atoms with Crippen LogP contribution in [0.2, 0.25) is 5.02 Å². The second-order valence-corrected chi connectivity index (χ2v) is 5.01. The predicted octanol–water partition coefficient (Wildman–Crippen LogP) is 1.45. The number of likely N-dealkylation sites (tertiary alicyclic amines) is 1. The molecule has 1 saturated heterocycles. The first-order valence-corrected chi connectivity index (χ1v) is 6.30. The number of carbonyl (C=O) groups excluding carboxylic acids is 1. The number of nitrogens with zero attached hydrogens (tertiary/aromatic N) is 1. The van der Waals surface area contributed by atoms with E-state index in [1.807, 2.05) is 0 Å². The number of amides is 1. The Morgan fingerprint density at radius 1 is 1.53 bits per heavy atom. The lowest BCUT2D eigenvalue weighted by Gasteiger charge is -2.27. The van der Waals surface area contributed by atoms with E-state index in [4.69, 9.17) is 16.7 Å². The van der Waals surface area contributed by atoms with Crippen molar-refractivity contribution in [3.05, 3.63) is 34.9 Å². The average molecular weight is 284 g/mol. The quantitative estimate of drug-likeness (QED) is 0.877. The van der Waals surface area contributed by atoms with E-state index in [1.54, 1.807) is 24.3 Å². The van der Waals surface area contributed by atoms with Crippen molar-refractivity contribution in [3.8, 4) is 0 Å². The molecule has 0 spiro atoms. The molecule has 102 valence electrons. The number of aliphatic carboxylic acids is 1. The van der Waals surface area contributed by atoms with E-state index in [2.05, 4.69) is 0 Å². The molecule has 1 aromatic carbocycles. The van der Waals surface area contributed by atoms with Crippen molar-refractivity contribution in [2.45, 2.75) is 25.0 Å². The highest BCUT2D eigenvalue weighted by Gasteiger charge is 2.35. The van der Waals surface area contributed by atoms with Gasteiger partial charge in [-0.15, -0.1) is 0 Å². The molecule has 1 aromatic rings. The minimum Gasteiger partial charge on any atom is -0.481 e. The van der Waals surface area contributed by atoms with Crippen LogP contribution in [0.1, 0.15) is 24.4 Å². The van der Waals surface area contributed by atoms with E-state index in [0.29, 0.717) is 10.6 Å². The Balaban J connectivity index is 2.30. The van der Waals surface area contributed by atoms with Crippen LogP contribution in [0.4, 0.5) is 0 Å². The van der Waals surface area contributed by atoms with E-state index in [1.165, 1.54) is 4.90 Å². The lowest BCUT2D eigenvalue weighted by Crippen LogP contribution is -2.32. The van der Waals surface area contributed by atoms with Crippen LogP contribution in [0.25, 0.3) is 0 Å². The molecular weight excluding hydrogens is 270 g/mol. The van der Waals surface area contributed by atoms with Gasteiger partial charge in [-0.25, -0.2) is 0 Å². The van der Waals surface area contributed by atoms with Gasteiger partial charge in [0.2, 0.25) is 5.91 Å². The van der Waals surface area contributed by atoms with Crippen LogP contribution < -0.4 is 0 Å². The van der Waals surface area contributed by atoms with E-state index in [-0.39, 0.29) is 25.3 Å². The molecule has 6 heteroatoms. The van der Waals surface area contributed by atoms with Gasteiger partial charge in [-0.05, 0) is 17.7 Å². The topological polar surface area (TPSA) is 77.8 Å². The van der Waals surface area contributed by atoms with E-state index in [9.17, 15) is 14.7 Å². The summed E-state index contributed by atoms with van der Waals surface area (Å²) in [7, 11) is 0. The molecule has 2 atom stereocenters. The molecule has 5 nitrogen and oxygen atoms in total. The summed E-state index contributed by atoms with van der Waals surface area (Å²) in [6.07, 6.45) is -0.904. The van der Waals surface area contributed by atoms with E-state index >= 15 is 0 Å². The minimum atomic E-state index is -1.00. The summed E-state index contributed by atoms with van der Waals surface area (Å²) in [5, 5.41) is 19.0. The second-order valence-electron chi connectivity index (χ2n) is 4.57. The molecule has 1 heterocycles. The number of rotatable bonds is 4. The van der Waals surface area contributed by atoms with Crippen LogP contribution in [0.5, 0.6) is 0 Å². The molecule has 0 radical (unpaired) electrons. The molecule has 2 unspecified atom stereocenters. The summed E-state index contributed by atoms with van der Waals surface area (Å²) in [4.78, 5) is 24.2. The van der Waals surface area contributed by atoms with Crippen LogP contribution in [-0.4, -0.2) is 39.6 Å². The Morgan fingerprint density at radius 3 is 2.79 bits per heavy atom. The van der Waals surface area contributed by atoms with Crippen molar-refractivity contribution < 1.29 is 19.8 Å². The van der Waals surface area contributed by atoms with Crippen molar-refractivity contribution >= 4 is 23.5 Å². The van der Waals surface area contributed by atoms with Gasteiger partial charge < -0.3 is 15.1 Å². The Bertz CT molecular complexity index is 505. The fourth-order valence-electron chi connectivity index (χ4n) is 2.30. The third-order valence-electron chi connectivity index (χ3n) is 3.12. The highest BCUT2D eigenvalue weighted by atomic mass is 35.5. The lowest BCUT2D eigenvalue weighted by atomic mass is 10.0. The number of carbonyl (C=O) groups is 2. The standard InChI is InChI=1S/C13H14ClNO4/c14-9-3-1-2-8(4-9)11(6-13(18)19)15-7-10(16)5-12(15)17/h1-4,10-11,16H,5-7H2,(H,18,19). The number of hydrogen-bond donors (Lipinski definition) is 2. The number of aliphatic hydroxyl groups is 1. The highest BCUT2D eigenvalue weighted by Crippen LogP contribution is 2.30. The van der Waals surface area contributed by atoms with Crippen molar-refractivity contribution in [3.63, 3.8) is 0 Å². The number of aliphatic hydroxyl groups excluding tert-OH is 1. The third-order valence-corrected chi connectivity index (χ3v) is 3.35.